The second kappa shape index (κ2) is 5.93. The van der Waals surface area contributed by atoms with Crippen molar-refractivity contribution in [3.63, 3.8) is 0 Å². The van der Waals surface area contributed by atoms with E-state index in [1.54, 1.807) is 0 Å². The number of benzene rings is 2. The SMILES string of the molecule is CCOc1ccc(-c2ccccc2)cc1.N. The van der Waals surface area contributed by atoms with Gasteiger partial charge in [-0.1, -0.05) is 42.5 Å². The highest BCUT2D eigenvalue weighted by molar-refractivity contribution is 5.63. The monoisotopic (exact) mass is 215 g/mol. The topological polar surface area (TPSA) is 44.2 Å². The molecule has 0 aliphatic rings. The van der Waals surface area contributed by atoms with E-state index in [1.807, 2.05) is 37.3 Å². The summed E-state index contributed by atoms with van der Waals surface area (Å²) in [7, 11) is 0. The minimum absolute atomic E-state index is 0. The second-order valence-electron chi connectivity index (χ2n) is 3.32. The van der Waals surface area contributed by atoms with Gasteiger partial charge in [0.05, 0.1) is 6.61 Å². The van der Waals surface area contributed by atoms with E-state index in [0.717, 1.165) is 5.75 Å². The Kier molecular flexibility index (Phi) is 4.55. The first-order chi connectivity index (χ1) is 7.40. The quantitative estimate of drug-likeness (QED) is 0.843. The minimum atomic E-state index is 0. The van der Waals surface area contributed by atoms with E-state index in [9.17, 15) is 0 Å². The van der Waals surface area contributed by atoms with Gasteiger partial charge in [0.15, 0.2) is 0 Å². The van der Waals surface area contributed by atoms with Crippen molar-refractivity contribution in [2.75, 3.05) is 6.61 Å². The molecule has 3 N–H and O–H groups in total. The summed E-state index contributed by atoms with van der Waals surface area (Å²) in [4.78, 5) is 0. The van der Waals surface area contributed by atoms with Gasteiger partial charge in [-0.15, -0.1) is 0 Å². The predicted molar refractivity (Wildman–Crippen MR) is 68.1 cm³/mol. The van der Waals surface area contributed by atoms with Crippen LogP contribution in [-0.2, 0) is 0 Å². The van der Waals surface area contributed by atoms with Crippen LogP contribution in [0.2, 0.25) is 0 Å². The molecular formula is C14H17NO. The third-order valence-corrected chi connectivity index (χ3v) is 2.27. The molecule has 0 aliphatic heterocycles. The Balaban J connectivity index is 0.00000128. The van der Waals surface area contributed by atoms with Gasteiger partial charge >= 0.3 is 0 Å². The Bertz CT molecular complexity index is 409. The van der Waals surface area contributed by atoms with E-state index in [1.165, 1.54) is 11.1 Å². The molecule has 0 aliphatic carbocycles. The molecule has 16 heavy (non-hydrogen) atoms. The van der Waals surface area contributed by atoms with Crippen molar-refractivity contribution in [2.24, 2.45) is 0 Å². The summed E-state index contributed by atoms with van der Waals surface area (Å²) in [5.74, 6) is 0.928. The Morgan fingerprint density at radius 3 is 1.94 bits per heavy atom. The van der Waals surface area contributed by atoms with E-state index in [-0.39, 0.29) is 6.15 Å². The normalized spacial score (nSPS) is 9.31. The smallest absolute Gasteiger partial charge is 0.119 e. The Morgan fingerprint density at radius 2 is 1.38 bits per heavy atom. The summed E-state index contributed by atoms with van der Waals surface area (Å²) in [6.07, 6.45) is 0. The lowest BCUT2D eigenvalue weighted by molar-refractivity contribution is 0.340. The first kappa shape index (κ1) is 12.3. The lowest BCUT2D eigenvalue weighted by Crippen LogP contribution is -1.90. The van der Waals surface area contributed by atoms with Crippen molar-refractivity contribution in [3.8, 4) is 16.9 Å². The highest BCUT2D eigenvalue weighted by atomic mass is 16.5. The summed E-state index contributed by atoms with van der Waals surface area (Å²) in [6, 6.07) is 18.5. The standard InChI is InChI=1S/C14H14O.H3N/c1-2-15-14-10-8-13(9-11-14)12-6-4-3-5-7-12;/h3-11H,2H2,1H3;1H3. The van der Waals surface area contributed by atoms with Gasteiger partial charge in [-0.3, -0.25) is 0 Å². The van der Waals surface area contributed by atoms with E-state index >= 15 is 0 Å². The van der Waals surface area contributed by atoms with Gasteiger partial charge < -0.3 is 10.9 Å². The molecule has 84 valence electrons. The molecule has 0 bridgehead atoms. The van der Waals surface area contributed by atoms with Crippen molar-refractivity contribution in [2.45, 2.75) is 6.92 Å². The van der Waals surface area contributed by atoms with Gasteiger partial charge in [-0.05, 0) is 30.2 Å². The molecule has 0 amide bonds. The van der Waals surface area contributed by atoms with Gasteiger partial charge in [0.25, 0.3) is 0 Å². The molecule has 0 heterocycles. The lowest BCUT2D eigenvalue weighted by atomic mass is 10.1. The number of hydrogen-bond acceptors (Lipinski definition) is 2. The zero-order valence-corrected chi connectivity index (χ0v) is 9.52. The maximum absolute atomic E-state index is 5.40. The highest BCUT2D eigenvalue weighted by Crippen LogP contribution is 2.21. The van der Waals surface area contributed by atoms with Gasteiger partial charge in [-0.25, -0.2) is 0 Å². The summed E-state index contributed by atoms with van der Waals surface area (Å²) >= 11 is 0. The van der Waals surface area contributed by atoms with Crippen LogP contribution in [0, 0.1) is 0 Å². The fourth-order valence-electron chi connectivity index (χ4n) is 1.54. The second-order valence-corrected chi connectivity index (χ2v) is 3.32. The fraction of sp³-hybridized carbons (Fsp3) is 0.143. The van der Waals surface area contributed by atoms with Crippen molar-refractivity contribution < 1.29 is 4.74 Å². The fourth-order valence-corrected chi connectivity index (χ4v) is 1.54. The van der Waals surface area contributed by atoms with Crippen LogP contribution < -0.4 is 10.9 Å². The molecule has 2 aromatic rings. The molecule has 0 saturated heterocycles. The molecule has 2 aromatic carbocycles. The largest absolute Gasteiger partial charge is 0.494 e. The van der Waals surface area contributed by atoms with Gasteiger partial charge in [0.2, 0.25) is 0 Å². The maximum atomic E-state index is 5.40. The maximum Gasteiger partial charge on any atom is 0.119 e. The zero-order chi connectivity index (χ0) is 10.5. The summed E-state index contributed by atoms with van der Waals surface area (Å²) in [5, 5.41) is 0. The Hall–Kier alpha value is -1.80. The molecule has 2 nitrogen and oxygen atoms in total. The minimum Gasteiger partial charge on any atom is -0.494 e. The summed E-state index contributed by atoms with van der Waals surface area (Å²) in [6.45, 7) is 2.70. The molecule has 0 fully saturated rings. The molecular weight excluding hydrogens is 198 g/mol. The van der Waals surface area contributed by atoms with Crippen molar-refractivity contribution in [1.82, 2.24) is 6.15 Å². The third-order valence-electron chi connectivity index (χ3n) is 2.27. The Morgan fingerprint density at radius 1 is 0.812 bits per heavy atom. The molecule has 0 atom stereocenters. The van der Waals surface area contributed by atoms with Crippen LogP contribution in [-0.4, -0.2) is 6.61 Å². The predicted octanol–water partition coefficient (Wildman–Crippen LogP) is 3.91. The van der Waals surface area contributed by atoms with Gasteiger partial charge in [0, 0.05) is 0 Å². The average Bonchev–Trinajstić information content (AvgIpc) is 2.32. The Labute approximate surface area is 96.5 Å². The van der Waals surface area contributed by atoms with E-state index < -0.39 is 0 Å². The average molecular weight is 215 g/mol. The van der Waals surface area contributed by atoms with Crippen LogP contribution in [0.25, 0.3) is 11.1 Å². The molecule has 0 saturated carbocycles. The first-order valence-electron chi connectivity index (χ1n) is 5.18. The van der Waals surface area contributed by atoms with E-state index in [0.29, 0.717) is 6.61 Å². The van der Waals surface area contributed by atoms with Crippen LogP contribution >= 0.6 is 0 Å². The molecule has 0 spiro atoms. The van der Waals surface area contributed by atoms with Crippen LogP contribution in [0.4, 0.5) is 0 Å². The molecule has 2 heteroatoms. The highest BCUT2D eigenvalue weighted by Gasteiger charge is 1.96. The molecule has 0 unspecified atom stereocenters. The molecule has 0 aromatic heterocycles. The van der Waals surface area contributed by atoms with E-state index in [4.69, 9.17) is 4.74 Å². The van der Waals surface area contributed by atoms with Gasteiger partial charge in [0.1, 0.15) is 5.75 Å². The lowest BCUT2D eigenvalue weighted by Gasteiger charge is -2.04. The molecule has 2 rings (SSSR count). The molecule has 0 radical (unpaired) electrons. The van der Waals surface area contributed by atoms with Crippen molar-refractivity contribution in [3.05, 3.63) is 54.6 Å². The van der Waals surface area contributed by atoms with Crippen LogP contribution in [0.15, 0.2) is 54.6 Å². The van der Waals surface area contributed by atoms with Crippen molar-refractivity contribution in [1.29, 1.82) is 0 Å². The van der Waals surface area contributed by atoms with Crippen LogP contribution in [0.1, 0.15) is 6.92 Å². The van der Waals surface area contributed by atoms with Crippen LogP contribution in [0.3, 0.4) is 0 Å². The van der Waals surface area contributed by atoms with Crippen molar-refractivity contribution >= 4 is 0 Å². The third kappa shape index (κ3) is 2.84. The number of rotatable bonds is 3. The summed E-state index contributed by atoms with van der Waals surface area (Å²) in [5.41, 5.74) is 2.46. The van der Waals surface area contributed by atoms with Gasteiger partial charge in [-0.2, -0.15) is 0 Å². The number of ether oxygens (including phenoxy) is 1. The van der Waals surface area contributed by atoms with Crippen LogP contribution in [0.5, 0.6) is 5.75 Å². The van der Waals surface area contributed by atoms with E-state index in [2.05, 4.69) is 24.3 Å². The first-order valence-corrected chi connectivity index (χ1v) is 5.18. The summed E-state index contributed by atoms with van der Waals surface area (Å²) < 4.78 is 5.40. The number of hydrogen-bond donors (Lipinski definition) is 1. The zero-order valence-electron chi connectivity index (χ0n) is 9.52.